The van der Waals surface area contributed by atoms with Crippen molar-refractivity contribution in [1.29, 1.82) is 0 Å². The first-order chi connectivity index (χ1) is 20.4. The van der Waals surface area contributed by atoms with Crippen LogP contribution < -0.4 is 31.8 Å². The summed E-state index contributed by atoms with van der Waals surface area (Å²) in [6.45, 7) is 4.19. The third kappa shape index (κ3) is 3.34. The van der Waals surface area contributed by atoms with Crippen LogP contribution in [0.5, 0.6) is 0 Å². The lowest BCUT2D eigenvalue weighted by Gasteiger charge is -2.20. The van der Waals surface area contributed by atoms with E-state index in [1.165, 1.54) is 0 Å². The molecule has 0 saturated carbocycles. The van der Waals surface area contributed by atoms with E-state index in [9.17, 15) is 9.13 Å². The second-order valence-electron chi connectivity index (χ2n) is 11.3. The van der Waals surface area contributed by atoms with Crippen molar-refractivity contribution in [3.63, 3.8) is 0 Å². The van der Waals surface area contributed by atoms with Crippen LogP contribution in [0, 0.1) is 13.8 Å². The Morgan fingerprint density at radius 2 is 0.643 bits per heavy atom. The second kappa shape index (κ2) is 9.14. The molecule has 42 heavy (non-hydrogen) atoms. The summed E-state index contributed by atoms with van der Waals surface area (Å²) in [6.07, 6.45) is 0. The zero-order chi connectivity index (χ0) is 28.6. The van der Waals surface area contributed by atoms with Gasteiger partial charge in [0.1, 0.15) is 0 Å². The second-order valence-corrected chi connectivity index (χ2v) is 16.7. The summed E-state index contributed by atoms with van der Waals surface area (Å²) in [7, 11) is -5.97. The smallest absolute Gasteiger partial charge is 0.172 e. The van der Waals surface area contributed by atoms with E-state index in [-0.39, 0.29) is 0 Å². The predicted molar refractivity (Wildman–Crippen MR) is 178 cm³/mol. The fourth-order valence-electron chi connectivity index (χ4n) is 7.01. The van der Waals surface area contributed by atoms with Gasteiger partial charge in [-0.15, -0.1) is 0 Å². The first-order valence-corrected chi connectivity index (χ1v) is 17.7. The number of hydrogen-bond acceptors (Lipinski definition) is 2. The van der Waals surface area contributed by atoms with Crippen LogP contribution in [0.2, 0.25) is 0 Å². The molecule has 2 aliphatic rings. The molecule has 0 aromatic heterocycles. The number of fused-ring (bicyclic) bond motifs is 6. The van der Waals surface area contributed by atoms with Gasteiger partial charge in [-0.05, 0) is 70.5 Å². The maximum atomic E-state index is 14.9. The molecule has 0 radical (unpaired) electrons. The van der Waals surface area contributed by atoms with E-state index >= 15 is 0 Å². The van der Waals surface area contributed by atoms with Crippen molar-refractivity contribution in [3.8, 4) is 33.4 Å². The first kappa shape index (κ1) is 25.5. The molecule has 4 heteroatoms. The van der Waals surface area contributed by atoms with E-state index in [1.54, 1.807) is 0 Å². The van der Waals surface area contributed by atoms with Gasteiger partial charge in [-0.3, -0.25) is 0 Å². The average Bonchev–Trinajstić information content (AvgIpc) is 3.45. The molecule has 0 amide bonds. The fourth-order valence-corrected chi connectivity index (χ4v) is 13.3. The maximum Gasteiger partial charge on any atom is 0.172 e. The lowest BCUT2D eigenvalue weighted by Crippen LogP contribution is -2.21. The standard InChI is InChI=1S/C38H28O2P2/c1-25-23-27(41(39)35-15-7-3-11-31(35)32-12-4-8-16-36(32)41)19-21-29(25)30-22-20-28(24-26(30)2)42(40)37-17-9-5-13-33(37)34-14-6-10-18-38(34)42/h3-24H,1-2H3. The quantitative estimate of drug-likeness (QED) is 0.208. The van der Waals surface area contributed by atoms with Crippen LogP contribution in [0.25, 0.3) is 33.4 Å². The molecule has 0 N–H and O–H groups in total. The van der Waals surface area contributed by atoms with Gasteiger partial charge in [-0.25, -0.2) is 0 Å². The Kier molecular flexibility index (Phi) is 5.55. The third-order valence-corrected chi connectivity index (χ3v) is 15.3. The summed E-state index contributed by atoms with van der Waals surface area (Å²) < 4.78 is 29.8. The Labute approximate surface area is 246 Å². The summed E-state index contributed by atoms with van der Waals surface area (Å²) in [5.41, 5.74) is 8.60. The van der Waals surface area contributed by atoms with E-state index in [0.29, 0.717) is 0 Å². The van der Waals surface area contributed by atoms with Gasteiger partial charge in [0.15, 0.2) is 14.3 Å². The molecule has 0 spiro atoms. The number of benzene rings is 6. The summed E-state index contributed by atoms with van der Waals surface area (Å²) in [5, 5.41) is 5.39. The third-order valence-electron chi connectivity index (χ3n) is 8.99. The lowest BCUT2D eigenvalue weighted by atomic mass is 9.97. The largest absolute Gasteiger partial charge is 0.309 e. The summed E-state index contributed by atoms with van der Waals surface area (Å²) in [6, 6.07) is 44.9. The molecular formula is C38H28O2P2. The van der Waals surface area contributed by atoms with Crippen molar-refractivity contribution < 1.29 is 9.13 Å². The highest BCUT2D eigenvalue weighted by molar-refractivity contribution is 7.87. The lowest BCUT2D eigenvalue weighted by molar-refractivity contribution is 0.592. The molecule has 6 aromatic carbocycles. The molecule has 0 unspecified atom stereocenters. The average molecular weight is 579 g/mol. The van der Waals surface area contributed by atoms with Gasteiger partial charge < -0.3 is 9.13 Å². The Hall–Kier alpha value is -4.22. The predicted octanol–water partition coefficient (Wildman–Crippen LogP) is 7.21. The van der Waals surface area contributed by atoms with Crippen molar-refractivity contribution in [2.24, 2.45) is 0 Å². The van der Waals surface area contributed by atoms with Crippen LogP contribution >= 0.6 is 14.3 Å². The van der Waals surface area contributed by atoms with Crippen LogP contribution in [0.4, 0.5) is 0 Å². The van der Waals surface area contributed by atoms with Crippen LogP contribution in [-0.2, 0) is 9.13 Å². The molecule has 2 aliphatic heterocycles. The molecule has 202 valence electrons. The van der Waals surface area contributed by atoms with E-state index in [1.807, 2.05) is 84.9 Å². The molecule has 0 bridgehead atoms. The van der Waals surface area contributed by atoms with Crippen molar-refractivity contribution in [2.45, 2.75) is 13.8 Å². The zero-order valence-corrected chi connectivity index (χ0v) is 25.2. The van der Waals surface area contributed by atoms with Gasteiger partial charge in [0, 0.05) is 31.8 Å². The van der Waals surface area contributed by atoms with Crippen molar-refractivity contribution in [2.75, 3.05) is 0 Å². The topological polar surface area (TPSA) is 34.1 Å². The van der Waals surface area contributed by atoms with Crippen molar-refractivity contribution in [1.82, 2.24) is 0 Å². The molecule has 0 aliphatic carbocycles. The van der Waals surface area contributed by atoms with E-state index in [4.69, 9.17) is 0 Å². The molecule has 0 saturated heterocycles. The molecule has 6 aromatic rings. The molecule has 0 fully saturated rings. The van der Waals surface area contributed by atoms with E-state index in [2.05, 4.69) is 62.4 Å². The highest BCUT2D eigenvalue weighted by Crippen LogP contribution is 2.53. The van der Waals surface area contributed by atoms with Gasteiger partial charge >= 0.3 is 0 Å². The molecule has 8 rings (SSSR count). The molecule has 0 atom stereocenters. The Morgan fingerprint density at radius 3 is 0.929 bits per heavy atom. The SMILES string of the molecule is Cc1cc(P2(=O)c3ccccc3-c3ccccc32)ccc1-c1ccc(P2(=O)c3ccccc3-c3ccccc32)cc1C. The van der Waals surface area contributed by atoms with Gasteiger partial charge in [0.25, 0.3) is 0 Å². The molecular weight excluding hydrogens is 550 g/mol. The van der Waals surface area contributed by atoms with Gasteiger partial charge in [-0.1, -0.05) is 121 Å². The monoisotopic (exact) mass is 578 g/mol. The van der Waals surface area contributed by atoms with Crippen molar-refractivity contribution >= 4 is 46.1 Å². The highest BCUT2D eigenvalue weighted by atomic mass is 31.2. The van der Waals surface area contributed by atoms with E-state index < -0.39 is 14.3 Å². The Morgan fingerprint density at radius 1 is 0.357 bits per heavy atom. The Bertz CT molecular complexity index is 1940. The summed E-state index contributed by atoms with van der Waals surface area (Å²) in [5.74, 6) is 0. The van der Waals surface area contributed by atoms with Crippen molar-refractivity contribution in [3.05, 3.63) is 145 Å². The molecule has 2 nitrogen and oxygen atoms in total. The minimum absolute atomic E-state index is 0.860. The zero-order valence-electron chi connectivity index (χ0n) is 23.4. The summed E-state index contributed by atoms with van der Waals surface area (Å²) in [4.78, 5) is 0. The fraction of sp³-hybridized carbons (Fsp3) is 0.0526. The van der Waals surface area contributed by atoms with Gasteiger partial charge in [0.05, 0.1) is 0 Å². The summed E-state index contributed by atoms with van der Waals surface area (Å²) >= 11 is 0. The minimum atomic E-state index is -2.98. The van der Waals surface area contributed by atoms with Gasteiger partial charge in [-0.2, -0.15) is 0 Å². The highest BCUT2D eigenvalue weighted by Gasteiger charge is 2.41. The number of hydrogen-bond donors (Lipinski definition) is 0. The van der Waals surface area contributed by atoms with Crippen LogP contribution in [0.15, 0.2) is 133 Å². The van der Waals surface area contributed by atoms with E-state index in [0.717, 1.165) is 76.3 Å². The van der Waals surface area contributed by atoms with Crippen LogP contribution in [0.3, 0.4) is 0 Å². The first-order valence-electron chi connectivity index (χ1n) is 14.2. The minimum Gasteiger partial charge on any atom is -0.309 e. The number of rotatable bonds is 3. The van der Waals surface area contributed by atoms with Crippen LogP contribution in [-0.4, -0.2) is 0 Å². The normalized spacial score (nSPS) is 15.0. The van der Waals surface area contributed by atoms with Gasteiger partial charge in [0.2, 0.25) is 0 Å². The molecule has 2 heterocycles. The maximum absolute atomic E-state index is 14.9. The number of aryl methyl sites for hydroxylation is 2. The van der Waals surface area contributed by atoms with Crippen LogP contribution in [0.1, 0.15) is 11.1 Å². The Balaban J connectivity index is 1.23.